The van der Waals surface area contributed by atoms with Crippen LogP contribution in [0.5, 0.6) is 0 Å². The largest absolute Gasteiger partial charge is 0.481 e. The molecule has 3 heterocycles. The van der Waals surface area contributed by atoms with E-state index in [0.717, 1.165) is 53.3 Å². The molecule has 0 bridgehead atoms. The number of aromatic nitrogens is 1. The topological polar surface area (TPSA) is 46.5 Å². The Labute approximate surface area is 150 Å². The molecule has 1 aromatic heterocycles. The Balaban J connectivity index is 2.13. The van der Waals surface area contributed by atoms with Gasteiger partial charge in [0, 0.05) is 17.8 Å². The molecule has 2 aliphatic heterocycles. The third-order valence-electron chi connectivity index (χ3n) is 4.98. The van der Waals surface area contributed by atoms with Crippen molar-refractivity contribution in [2.75, 3.05) is 19.0 Å². The Hall–Kier alpha value is -2.36. The summed E-state index contributed by atoms with van der Waals surface area (Å²) in [6.07, 6.45) is 8.30. The van der Waals surface area contributed by atoms with Crippen LogP contribution in [0.25, 0.3) is 11.1 Å². The highest BCUT2D eigenvalue weighted by molar-refractivity contribution is 5.98. The van der Waals surface area contributed by atoms with Crippen molar-refractivity contribution in [2.45, 2.75) is 40.5 Å². The molecule has 0 amide bonds. The van der Waals surface area contributed by atoms with Crippen molar-refractivity contribution in [3.8, 4) is 0 Å². The molecule has 3 rings (SSSR count). The third-order valence-corrected chi connectivity index (χ3v) is 4.98. The molecule has 1 aromatic rings. The minimum atomic E-state index is 0.410. The van der Waals surface area contributed by atoms with E-state index in [2.05, 4.69) is 57.3 Å². The molecule has 0 aliphatic carbocycles. The van der Waals surface area contributed by atoms with E-state index >= 15 is 0 Å². The molecule has 4 heteroatoms. The van der Waals surface area contributed by atoms with Crippen molar-refractivity contribution < 1.29 is 4.74 Å². The standard InChI is InChI=1S/C21H27N3O/c1-6-13(2)17-9-7-8-16(21(23-17)25-5)19-15(4)12-18-20(24-19)14(3)10-11-22-18/h7,9-10,12-13,22H,6,8,11H2,1-5H3. The van der Waals surface area contributed by atoms with E-state index in [1.807, 2.05) is 0 Å². The molecule has 1 atom stereocenters. The highest BCUT2D eigenvalue weighted by Gasteiger charge is 2.20. The molecule has 1 N–H and O–H groups in total. The maximum Gasteiger partial charge on any atom is 0.219 e. The number of aliphatic imine (C=N–C) groups is 1. The maximum absolute atomic E-state index is 5.67. The first-order valence-electron chi connectivity index (χ1n) is 9.00. The number of fused-ring (bicyclic) bond motifs is 1. The van der Waals surface area contributed by atoms with Crippen LogP contribution in [-0.4, -0.2) is 24.4 Å². The van der Waals surface area contributed by atoms with Gasteiger partial charge >= 0.3 is 0 Å². The molecule has 0 aromatic carbocycles. The van der Waals surface area contributed by atoms with E-state index in [-0.39, 0.29) is 0 Å². The van der Waals surface area contributed by atoms with Crippen LogP contribution in [0.2, 0.25) is 0 Å². The zero-order valence-corrected chi connectivity index (χ0v) is 15.8. The molecule has 0 saturated heterocycles. The Morgan fingerprint density at radius 1 is 1.28 bits per heavy atom. The number of anilines is 1. The summed E-state index contributed by atoms with van der Waals surface area (Å²) in [5, 5.41) is 3.40. The van der Waals surface area contributed by atoms with Gasteiger partial charge in [0.15, 0.2) is 0 Å². The van der Waals surface area contributed by atoms with E-state index < -0.39 is 0 Å². The normalized spacial score (nSPS) is 18.0. The molecule has 132 valence electrons. The average Bonchev–Trinajstić information content (AvgIpc) is 2.83. The number of ether oxygens (including phenoxy) is 1. The number of nitrogens with one attached hydrogen (secondary N) is 1. The predicted molar refractivity (Wildman–Crippen MR) is 106 cm³/mol. The summed E-state index contributed by atoms with van der Waals surface area (Å²) in [7, 11) is 1.69. The maximum atomic E-state index is 5.67. The van der Waals surface area contributed by atoms with Crippen LogP contribution in [0, 0.1) is 12.8 Å². The molecular weight excluding hydrogens is 310 g/mol. The van der Waals surface area contributed by atoms with Crippen molar-refractivity contribution in [2.24, 2.45) is 10.9 Å². The zero-order valence-electron chi connectivity index (χ0n) is 15.8. The summed E-state index contributed by atoms with van der Waals surface area (Å²) in [5.74, 6) is 1.09. The lowest BCUT2D eigenvalue weighted by atomic mass is 9.99. The second-order valence-electron chi connectivity index (χ2n) is 6.76. The van der Waals surface area contributed by atoms with Gasteiger partial charge in [0.2, 0.25) is 5.88 Å². The fraction of sp³-hybridized carbons (Fsp3) is 0.429. The van der Waals surface area contributed by atoms with Crippen LogP contribution in [0.1, 0.15) is 50.6 Å². The molecule has 4 nitrogen and oxygen atoms in total. The molecule has 0 saturated carbocycles. The van der Waals surface area contributed by atoms with E-state index in [4.69, 9.17) is 14.7 Å². The lowest BCUT2D eigenvalue weighted by molar-refractivity contribution is 0.289. The molecule has 0 radical (unpaired) electrons. The molecular formula is C21H27N3O. The van der Waals surface area contributed by atoms with Crippen molar-refractivity contribution in [3.05, 3.63) is 47.1 Å². The van der Waals surface area contributed by atoms with Crippen LogP contribution in [0.4, 0.5) is 5.69 Å². The first-order chi connectivity index (χ1) is 12.0. The number of methoxy groups -OCH3 is 1. The summed E-state index contributed by atoms with van der Waals surface area (Å²) >= 11 is 0. The van der Waals surface area contributed by atoms with Gasteiger partial charge < -0.3 is 10.1 Å². The van der Waals surface area contributed by atoms with Gasteiger partial charge in [0.1, 0.15) is 0 Å². The van der Waals surface area contributed by atoms with Gasteiger partial charge in [-0.2, -0.15) is 0 Å². The minimum Gasteiger partial charge on any atom is -0.481 e. The summed E-state index contributed by atoms with van der Waals surface area (Å²) < 4.78 is 5.67. The van der Waals surface area contributed by atoms with E-state index in [9.17, 15) is 0 Å². The van der Waals surface area contributed by atoms with Gasteiger partial charge in [-0.3, -0.25) is 0 Å². The van der Waals surface area contributed by atoms with Crippen LogP contribution < -0.4 is 5.32 Å². The number of hydrogen-bond acceptors (Lipinski definition) is 4. The zero-order chi connectivity index (χ0) is 18.0. The molecule has 0 fully saturated rings. The van der Waals surface area contributed by atoms with Gasteiger partial charge in [-0.05, 0) is 55.9 Å². The van der Waals surface area contributed by atoms with Gasteiger partial charge in [-0.25, -0.2) is 9.98 Å². The van der Waals surface area contributed by atoms with Crippen molar-refractivity contribution >= 4 is 22.5 Å². The fourth-order valence-corrected chi connectivity index (χ4v) is 3.22. The Morgan fingerprint density at radius 3 is 2.80 bits per heavy atom. The van der Waals surface area contributed by atoms with Gasteiger partial charge in [0.05, 0.1) is 24.2 Å². The monoisotopic (exact) mass is 337 g/mol. The SMILES string of the molecule is CCC(C)C1=NC(OC)=C(c2nc3c(cc2C)NCC=C3C)CC=C1. The first kappa shape index (κ1) is 17.5. The fourth-order valence-electron chi connectivity index (χ4n) is 3.22. The van der Waals surface area contributed by atoms with Crippen molar-refractivity contribution in [1.82, 2.24) is 4.98 Å². The first-order valence-corrected chi connectivity index (χ1v) is 9.00. The minimum absolute atomic E-state index is 0.410. The molecule has 1 unspecified atom stereocenters. The van der Waals surface area contributed by atoms with E-state index in [1.54, 1.807) is 7.11 Å². The van der Waals surface area contributed by atoms with Crippen molar-refractivity contribution in [3.63, 3.8) is 0 Å². The number of allylic oxidation sites excluding steroid dienone is 4. The van der Waals surface area contributed by atoms with E-state index in [1.165, 1.54) is 5.57 Å². The van der Waals surface area contributed by atoms with Crippen LogP contribution in [-0.2, 0) is 4.74 Å². The third kappa shape index (κ3) is 3.39. The highest BCUT2D eigenvalue weighted by Crippen LogP contribution is 2.33. The molecule has 2 aliphatic rings. The average molecular weight is 337 g/mol. The molecule has 0 spiro atoms. The predicted octanol–water partition coefficient (Wildman–Crippen LogP) is 4.98. The lowest BCUT2D eigenvalue weighted by Crippen LogP contribution is -2.11. The Kier molecular flexibility index (Phi) is 5.07. The number of hydrogen-bond donors (Lipinski definition) is 1. The second-order valence-corrected chi connectivity index (χ2v) is 6.76. The van der Waals surface area contributed by atoms with Crippen LogP contribution in [0.15, 0.2) is 35.2 Å². The van der Waals surface area contributed by atoms with Crippen LogP contribution in [0.3, 0.4) is 0 Å². The second kappa shape index (κ2) is 7.26. The Morgan fingerprint density at radius 2 is 2.08 bits per heavy atom. The molecule has 25 heavy (non-hydrogen) atoms. The number of rotatable bonds is 4. The van der Waals surface area contributed by atoms with Gasteiger partial charge in [-0.15, -0.1) is 0 Å². The highest BCUT2D eigenvalue weighted by atomic mass is 16.5. The quantitative estimate of drug-likeness (QED) is 0.843. The van der Waals surface area contributed by atoms with Gasteiger partial charge in [-0.1, -0.05) is 26.0 Å². The summed E-state index contributed by atoms with van der Waals surface area (Å²) in [6, 6.07) is 2.18. The van der Waals surface area contributed by atoms with Gasteiger partial charge in [0.25, 0.3) is 0 Å². The lowest BCUT2D eigenvalue weighted by Gasteiger charge is -2.20. The van der Waals surface area contributed by atoms with Crippen LogP contribution >= 0.6 is 0 Å². The summed E-state index contributed by atoms with van der Waals surface area (Å²) in [6.45, 7) is 9.45. The summed E-state index contributed by atoms with van der Waals surface area (Å²) in [5.41, 5.74) is 7.58. The van der Waals surface area contributed by atoms with E-state index in [0.29, 0.717) is 11.8 Å². The summed E-state index contributed by atoms with van der Waals surface area (Å²) in [4.78, 5) is 9.79. The number of aryl methyl sites for hydroxylation is 1. The van der Waals surface area contributed by atoms with Crippen molar-refractivity contribution in [1.29, 1.82) is 0 Å². The smallest absolute Gasteiger partial charge is 0.219 e. The Bertz CT molecular complexity index is 800. The number of pyridine rings is 1. The number of nitrogens with zero attached hydrogens (tertiary/aromatic N) is 2.